The summed E-state index contributed by atoms with van der Waals surface area (Å²) in [5, 5.41) is 3.93. The molecule has 24 heavy (non-hydrogen) atoms. The van der Waals surface area contributed by atoms with Crippen LogP contribution in [0.1, 0.15) is 29.1 Å². The van der Waals surface area contributed by atoms with Crippen LogP contribution in [0.4, 0.5) is 5.00 Å². The van der Waals surface area contributed by atoms with Crippen LogP contribution in [0.15, 0.2) is 30.3 Å². The Morgan fingerprint density at radius 1 is 1.21 bits per heavy atom. The number of carbonyl (C=O) groups is 2. The van der Waals surface area contributed by atoms with E-state index in [4.69, 9.17) is 21.1 Å². The van der Waals surface area contributed by atoms with Crippen molar-refractivity contribution in [2.45, 2.75) is 26.4 Å². The first-order valence-corrected chi connectivity index (χ1v) is 8.37. The molecule has 1 aromatic heterocycles. The van der Waals surface area contributed by atoms with E-state index in [0.717, 1.165) is 5.56 Å². The molecule has 0 aliphatic rings. The third-order valence-electron chi connectivity index (χ3n) is 3.26. The van der Waals surface area contributed by atoms with Crippen molar-refractivity contribution in [3.8, 4) is 5.75 Å². The Morgan fingerprint density at radius 3 is 2.42 bits per heavy atom. The van der Waals surface area contributed by atoms with E-state index in [1.165, 1.54) is 18.4 Å². The van der Waals surface area contributed by atoms with E-state index >= 15 is 0 Å². The van der Waals surface area contributed by atoms with Crippen molar-refractivity contribution >= 4 is 39.8 Å². The zero-order chi connectivity index (χ0) is 17.9. The normalized spacial score (nSPS) is 11.0. The van der Waals surface area contributed by atoms with E-state index in [-0.39, 0.29) is 5.91 Å². The van der Waals surface area contributed by atoms with Crippen LogP contribution in [0.3, 0.4) is 0 Å². The van der Waals surface area contributed by atoms with Gasteiger partial charge >= 0.3 is 5.97 Å². The van der Waals surface area contributed by atoms with E-state index in [0.29, 0.717) is 20.7 Å². The van der Waals surface area contributed by atoms with Gasteiger partial charge in [0.25, 0.3) is 5.91 Å². The maximum Gasteiger partial charge on any atom is 0.348 e. The number of aryl methyl sites for hydroxylation is 1. The number of thiophene rings is 1. The average molecular weight is 368 g/mol. The number of nitrogens with one attached hydrogen (secondary N) is 1. The second-order valence-electron chi connectivity index (χ2n) is 5.63. The largest absolute Gasteiger partial charge is 0.478 e. The first-order valence-electron chi connectivity index (χ1n) is 7.17. The van der Waals surface area contributed by atoms with Crippen molar-refractivity contribution in [3.05, 3.63) is 45.8 Å². The number of ether oxygens (including phenoxy) is 2. The molecule has 0 saturated heterocycles. The number of anilines is 1. The highest BCUT2D eigenvalue weighted by atomic mass is 35.5. The van der Waals surface area contributed by atoms with Crippen LogP contribution in [-0.4, -0.2) is 24.6 Å². The first kappa shape index (κ1) is 18.3. The van der Waals surface area contributed by atoms with E-state index in [1.54, 1.807) is 51.1 Å². The molecule has 0 radical (unpaired) electrons. The Bertz CT molecular complexity index is 752. The predicted octanol–water partition coefficient (Wildman–Crippen LogP) is 4.29. The van der Waals surface area contributed by atoms with Crippen molar-refractivity contribution in [1.29, 1.82) is 0 Å². The van der Waals surface area contributed by atoms with Crippen LogP contribution in [0.5, 0.6) is 5.75 Å². The summed E-state index contributed by atoms with van der Waals surface area (Å²) in [5.41, 5.74) is -0.351. The molecule has 0 aliphatic heterocycles. The molecule has 7 heteroatoms. The van der Waals surface area contributed by atoms with Crippen molar-refractivity contribution in [1.82, 2.24) is 0 Å². The number of esters is 1. The minimum Gasteiger partial charge on any atom is -0.478 e. The number of hydrogen-bond acceptors (Lipinski definition) is 5. The lowest BCUT2D eigenvalue weighted by atomic mass is 10.1. The Hall–Kier alpha value is -2.05. The second-order valence-corrected chi connectivity index (χ2v) is 7.12. The molecule has 0 saturated carbocycles. The van der Waals surface area contributed by atoms with E-state index in [2.05, 4.69) is 5.32 Å². The Labute approximate surface area is 149 Å². The lowest BCUT2D eigenvalue weighted by Gasteiger charge is -2.25. The molecule has 2 aromatic rings. The molecular formula is C17H18ClNO4S. The lowest BCUT2D eigenvalue weighted by Crippen LogP contribution is -2.42. The Balaban J connectivity index is 2.10. The van der Waals surface area contributed by atoms with Gasteiger partial charge in [-0.05, 0) is 56.7 Å². The highest BCUT2D eigenvalue weighted by molar-refractivity contribution is 7.18. The smallest absolute Gasteiger partial charge is 0.348 e. The van der Waals surface area contributed by atoms with Gasteiger partial charge in [-0.15, -0.1) is 11.3 Å². The third-order valence-corrected chi connectivity index (χ3v) is 4.64. The molecule has 128 valence electrons. The van der Waals surface area contributed by atoms with Crippen LogP contribution in [0.25, 0.3) is 0 Å². The molecule has 0 bridgehead atoms. The van der Waals surface area contributed by atoms with Crippen LogP contribution >= 0.6 is 22.9 Å². The molecule has 1 N–H and O–H groups in total. The molecule has 1 heterocycles. The standard InChI is InChI=1S/C17H18ClNO4S/c1-10-9-13(24-14(10)15(20)22-4)19-16(21)17(2,3)23-12-7-5-11(18)6-8-12/h5-9H,1-4H3,(H,19,21). The maximum absolute atomic E-state index is 12.5. The number of rotatable bonds is 5. The SMILES string of the molecule is COC(=O)c1sc(NC(=O)C(C)(C)Oc2ccc(Cl)cc2)cc1C. The second kappa shape index (κ2) is 7.23. The summed E-state index contributed by atoms with van der Waals surface area (Å²) in [6.07, 6.45) is 0. The van der Waals surface area contributed by atoms with Crippen LogP contribution in [0.2, 0.25) is 5.02 Å². The van der Waals surface area contributed by atoms with Gasteiger partial charge in [0, 0.05) is 5.02 Å². The fourth-order valence-corrected chi connectivity index (χ4v) is 3.06. The van der Waals surface area contributed by atoms with Crippen LogP contribution in [-0.2, 0) is 9.53 Å². The van der Waals surface area contributed by atoms with Crippen LogP contribution in [0, 0.1) is 6.92 Å². The number of benzene rings is 1. The molecule has 2 rings (SSSR count). The average Bonchev–Trinajstić information content (AvgIpc) is 2.89. The number of methoxy groups -OCH3 is 1. The molecule has 0 atom stereocenters. The zero-order valence-corrected chi connectivity index (χ0v) is 15.4. The van der Waals surface area contributed by atoms with E-state index in [1.807, 2.05) is 0 Å². The molecule has 0 fully saturated rings. The summed E-state index contributed by atoms with van der Waals surface area (Å²) >= 11 is 7.00. The summed E-state index contributed by atoms with van der Waals surface area (Å²) in [4.78, 5) is 24.6. The van der Waals surface area contributed by atoms with Gasteiger partial charge in [0.2, 0.25) is 0 Å². The minimum absolute atomic E-state index is 0.324. The first-order chi connectivity index (χ1) is 11.2. The molecular weight excluding hydrogens is 350 g/mol. The van der Waals surface area contributed by atoms with Gasteiger partial charge in [0.1, 0.15) is 10.6 Å². The van der Waals surface area contributed by atoms with Gasteiger partial charge in [0.05, 0.1) is 12.1 Å². The van der Waals surface area contributed by atoms with Crippen molar-refractivity contribution in [2.75, 3.05) is 12.4 Å². The number of halogens is 1. The monoisotopic (exact) mass is 367 g/mol. The van der Waals surface area contributed by atoms with Crippen molar-refractivity contribution < 1.29 is 19.1 Å². The molecule has 0 spiro atoms. The van der Waals surface area contributed by atoms with Gasteiger partial charge in [-0.25, -0.2) is 4.79 Å². The maximum atomic E-state index is 12.5. The predicted molar refractivity (Wildman–Crippen MR) is 95.2 cm³/mol. The summed E-state index contributed by atoms with van der Waals surface area (Å²) in [6.45, 7) is 5.12. The molecule has 5 nitrogen and oxygen atoms in total. The third kappa shape index (κ3) is 4.27. The summed E-state index contributed by atoms with van der Waals surface area (Å²) in [6, 6.07) is 8.50. The molecule has 0 unspecified atom stereocenters. The number of hydrogen-bond donors (Lipinski definition) is 1. The highest BCUT2D eigenvalue weighted by Crippen LogP contribution is 2.29. The van der Waals surface area contributed by atoms with Gasteiger partial charge in [-0.3, -0.25) is 4.79 Å². The minimum atomic E-state index is -1.10. The molecule has 1 amide bonds. The lowest BCUT2D eigenvalue weighted by molar-refractivity contribution is -0.128. The number of carbonyl (C=O) groups excluding carboxylic acids is 2. The highest BCUT2D eigenvalue weighted by Gasteiger charge is 2.31. The van der Waals surface area contributed by atoms with Gasteiger partial charge in [-0.1, -0.05) is 11.6 Å². The summed E-state index contributed by atoms with van der Waals surface area (Å²) in [5.74, 6) is -0.207. The van der Waals surface area contributed by atoms with Crippen molar-refractivity contribution in [3.63, 3.8) is 0 Å². The van der Waals surface area contributed by atoms with Gasteiger partial charge in [0.15, 0.2) is 5.60 Å². The summed E-state index contributed by atoms with van der Waals surface area (Å²) < 4.78 is 10.5. The summed E-state index contributed by atoms with van der Waals surface area (Å²) in [7, 11) is 1.32. The fraction of sp³-hybridized carbons (Fsp3) is 0.294. The fourth-order valence-electron chi connectivity index (χ4n) is 1.95. The zero-order valence-electron chi connectivity index (χ0n) is 13.8. The Kier molecular flexibility index (Phi) is 5.51. The molecule has 0 aliphatic carbocycles. The van der Waals surface area contributed by atoms with Crippen molar-refractivity contribution in [2.24, 2.45) is 0 Å². The van der Waals surface area contributed by atoms with Gasteiger partial charge < -0.3 is 14.8 Å². The Morgan fingerprint density at radius 2 is 1.83 bits per heavy atom. The number of amides is 1. The van der Waals surface area contributed by atoms with Gasteiger partial charge in [-0.2, -0.15) is 0 Å². The topological polar surface area (TPSA) is 64.6 Å². The van der Waals surface area contributed by atoms with Crippen LogP contribution < -0.4 is 10.1 Å². The van der Waals surface area contributed by atoms with E-state index < -0.39 is 11.6 Å². The molecule has 1 aromatic carbocycles. The van der Waals surface area contributed by atoms with E-state index in [9.17, 15) is 9.59 Å². The quantitative estimate of drug-likeness (QED) is 0.800.